The standard InChI is InChI=1S/C15H15FN2O2/c1-20-13-8-4-7-12(17)14(13)15(19)18-9-10-5-2-3-6-11(10)16/h2-8H,9,17H2,1H3,(H,18,19). The number of ether oxygens (including phenoxy) is 1. The van der Waals surface area contributed by atoms with Crippen LogP contribution in [0.3, 0.4) is 0 Å². The Hall–Kier alpha value is -2.56. The number of anilines is 1. The molecule has 0 saturated heterocycles. The molecule has 2 aromatic rings. The molecule has 0 aliphatic carbocycles. The molecule has 0 unspecified atom stereocenters. The van der Waals surface area contributed by atoms with E-state index in [1.165, 1.54) is 13.2 Å². The molecule has 0 atom stereocenters. The van der Waals surface area contributed by atoms with Gasteiger partial charge in [0, 0.05) is 17.8 Å². The number of hydrogen-bond donors (Lipinski definition) is 2. The first kappa shape index (κ1) is 13.9. The monoisotopic (exact) mass is 274 g/mol. The number of nitrogens with one attached hydrogen (secondary N) is 1. The van der Waals surface area contributed by atoms with Gasteiger partial charge in [-0.15, -0.1) is 0 Å². The lowest BCUT2D eigenvalue weighted by Gasteiger charge is -2.11. The van der Waals surface area contributed by atoms with E-state index in [9.17, 15) is 9.18 Å². The number of amides is 1. The van der Waals surface area contributed by atoms with Crippen molar-refractivity contribution >= 4 is 11.6 Å². The highest BCUT2D eigenvalue weighted by Gasteiger charge is 2.15. The minimum Gasteiger partial charge on any atom is -0.496 e. The fourth-order valence-corrected chi connectivity index (χ4v) is 1.87. The Labute approximate surface area is 116 Å². The smallest absolute Gasteiger partial charge is 0.257 e. The summed E-state index contributed by atoms with van der Waals surface area (Å²) in [6, 6.07) is 11.2. The zero-order chi connectivity index (χ0) is 14.5. The molecule has 2 aromatic carbocycles. The number of nitrogen functional groups attached to an aromatic ring is 1. The second kappa shape index (κ2) is 6.06. The van der Waals surface area contributed by atoms with E-state index in [0.29, 0.717) is 17.0 Å². The first-order valence-corrected chi connectivity index (χ1v) is 6.07. The van der Waals surface area contributed by atoms with E-state index < -0.39 is 5.91 Å². The summed E-state index contributed by atoms with van der Waals surface area (Å²) in [5.74, 6) is -0.375. The lowest BCUT2D eigenvalue weighted by Crippen LogP contribution is -2.24. The molecule has 5 heteroatoms. The number of hydrogen-bond acceptors (Lipinski definition) is 3. The van der Waals surface area contributed by atoms with Gasteiger partial charge >= 0.3 is 0 Å². The van der Waals surface area contributed by atoms with Crippen LogP contribution in [0.1, 0.15) is 15.9 Å². The molecule has 0 radical (unpaired) electrons. The third-order valence-electron chi connectivity index (χ3n) is 2.90. The third kappa shape index (κ3) is 2.88. The van der Waals surface area contributed by atoms with Gasteiger partial charge in [0.2, 0.25) is 0 Å². The van der Waals surface area contributed by atoms with Crippen molar-refractivity contribution in [2.45, 2.75) is 6.54 Å². The molecule has 0 bridgehead atoms. The number of nitrogens with two attached hydrogens (primary N) is 1. The van der Waals surface area contributed by atoms with Crippen LogP contribution in [0.4, 0.5) is 10.1 Å². The van der Waals surface area contributed by atoms with Gasteiger partial charge in [-0.05, 0) is 18.2 Å². The van der Waals surface area contributed by atoms with Gasteiger partial charge in [-0.3, -0.25) is 4.79 Å². The fraction of sp³-hybridized carbons (Fsp3) is 0.133. The molecule has 0 saturated carbocycles. The van der Waals surface area contributed by atoms with Crippen LogP contribution in [0, 0.1) is 5.82 Å². The minimum absolute atomic E-state index is 0.0863. The number of methoxy groups -OCH3 is 1. The normalized spacial score (nSPS) is 10.1. The number of halogens is 1. The Morgan fingerprint density at radius 2 is 2.00 bits per heavy atom. The van der Waals surface area contributed by atoms with Gasteiger partial charge in [-0.25, -0.2) is 4.39 Å². The first-order valence-electron chi connectivity index (χ1n) is 6.07. The van der Waals surface area contributed by atoms with E-state index in [4.69, 9.17) is 10.5 Å². The summed E-state index contributed by atoms with van der Waals surface area (Å²) < 4.78 is 18.6. The topological polar surface area (TPSA) is 64.3 Å². The van der Waals surface area contributed by atoms with Crippen molar-refractivity contribution in [1.82, 2.24) is 5.32 Å². The molecule has 0 spiro atoms. The molecule has 2 rings (SSSR count). The molecule has 20 heavy (non-hydrogen) atoms. The lowest BCUT2D eigenvalue weighted by atomic mass is 10.1. The van der Waals surface area contributed by atoms with Gasteiger partial charge in [0.25, 0.3) is 5.91 Å². The molecule has 1 amide bonds. The largest absolute Gasteiger partial charge is 0.496 e. The summed E-state index contributed by atoms with van der Waals surface area (Å²) in [7, 11) is 1.46. The predicted octanol–water partition coefficient (Wildman–Crippen LogP) is 2.35. The summed E-state index contributed by atoms with van der Waals surface area (Å²) in [4.78, 5) is 12.1. The maximum absolute atomic E-state index is 13.5. The van der Waals surface area contributed by atoms with E-state index in [-0.39, 0.29) is 17.9 Å². The molecule has 0 aliphatic rings. The average molecular weight is 274 g/mol. The Kier molecular flexibility index (Phi) is 4.20. The summed E-state index contributed by atoms with van der Waals surface area (Å²) >= 11 is 0. The Morgan fingerprint density at radius 3 is 2.70 bits per heavy atom. The van der Waals surface area contributed by atoms with Gasteiger partial charge in [-0.1, -0.05) is 24.3 Å². The van der Waals surface area contributed by atoms with Gasteiger partial charge in [0.15, 0.2) is 0 Å². The van der Waals surface area contributed by atoms with Crippen molar-refractivity contribution in [2.75, 3.05) is 12.8 Å². The molecular weight excluding hydrogens is 259 g/mol. The number of rotatable bonds is 4. The predicted molar refractivity (Wildman–Crippen MR) is 75.0 cm³/mol. The van der Waals surface area contributed by atoms with Crippen molar-refractivity contribution < 1.29 is 13.9 Å². The number of carbonyl (C=O) groups is 1. The van der Waals surface area contributed by atoms with E-state index in [0.717, 1.165) is 0 Å². The second-order valence-corrected chi connectivity index (χ2v) is 4.20. The van der Waals surface area contributed by atoms with Gasteiger partial charge in [-0.2, -0.15) is 0 Å². The maximum atomic E-state index is 13.5. The van der Waals surface area contributed by atoms with Crippen molar-refractivity contribution in [2.24, 2.45) is 0 Å². The highest BCUT2D eigenvalue weighted by molar-refractivity contribution is 6.01. The van der Waals surface area contributed by atoms with Crippen LogP contribution in [0.25, 0.3) is 0 Å². The van der Waals surface area contributed by atoms with Gasteiger partial charge in [0.05, 0.1) is 7.11 Å². The van der Waals surface area contributed by atoms with Crippen molar-refractivity contribution in [1.29, 1.82) is 0 Å². The Balaban J connectivity index is 2.15. The van der Waals surface area contributed by atoms with Crippen LogP contribution in [0.5, 0.6) is 5.75 Å². The molecule has 4 nitrogen and oxygen atoms in total. The van der Waals surface area contributed by atoms with E-state index in [2.05, 4.69) is 5.32 Å². The Bertz CT molecular complexity index is 629. The minimum atomic E-state index is -0.400. The first-order chi connectivity index (χ1) is 9.63. The summed E-state index contributed by atoms with van der Waals surface area (Å²) in [5.41, 5.74) is 6.76. The molecular formula is C15H15FN2O2. The SMILES string of the molecule is COc1cccc(N)c1C(=O)NCc1ccccc1F. The quantitative estimate of drug-likeness (QED) is 0.841. The molecule has 0 aromatic heterocycles. The Morgan fingerprint density at radius 1 is 1.25 bits per heavy atom. The van der Waals surface area contributed by atoms with Gasteiger partial charge < -0.3 is 15.8 Å². The highest BCUT2D eigenvalue weighted by atomic mass is 19.1. The molecule has 0 aliphatic heterocycles. The maximum Gasteiger partial charge on any atom is 0.257 e. The van der Waals surface area contributed by atoms with E-state index in [1.54, 1.807) is 36.4 Å². The van der Waals surface area contributed by atoms with Crippen LogP contribution in [-0.4, -0.2) is 13.0 Å². The van der Waals surface area contributed by atoms with E-state index in [1.807, 2.05) is 0 Å². The fourth-order valence-electron chi connectivity index (χ4n) is 1.87. The zero-order valence-electron chi connectivity index (χ0n) is 11.0. The summed E-state index contributed by atoms with van der Waals surface area (Å²) in [6.07, 6.45) is 0. The van der Waals surface area contributed by atoms with Crippen molar-refractivity contribution in [3.05, 3.63) is 59.4 Å². The van der Waals surface area contributed by atoms with Crippen LogP contribution < -0.4 is 15.8 Å². The second-order valence-electron chi connectivity index (χ2n) is 4.20. The highest BCUT2D eigenvalue weighted by Crippen LogP contribution is 2.23. The van der Waals surface area contributed by atoms with Crippen LogP contribution in [-0.2, 0) is 6.54 Å². The number of carbonyl (C=O) groups excluding carboxylic acids is 1. The summed E-state index contributed by atoms with van der Waals surface area (Å²) in [5, 5.41) is 2.63. The van der Waals surface area contributed by atoms with E-state index >= 15 is 0 Å². The average Bonchev–Trinajstić information content (AvgIpc) is 2.45. The zero-order valence-corrected chi connectivity index (χ0v) is 11.0. The van der Waals surface area contributed by atoms with Crippen molar-refractivity contribution in [3.63, 3.8) is 0 Å². The lowest BCUT2D eigenvalue weighted by molar-refractivity contribution is 0.0948. The number of benzene rings is 2. The molecule has 0 heterocycles. The van der Waals surface area contributed by atoms with Crippen molar-refractivity contribution in [3.8, 4) is 5.75 Å². The molecule has 3 N–H and O–H groups in total. The third-order valence-corrected chi connectivity index (χ3v) is 2.90. The van der Waals surface area contributed by atoms with Crippen LogP contribution in [0.2, 0.25) is 0 Å². The molecule has 0 fully saturated rings. The van der Waals surface area contributed by atoms with Gasteiger partial charge in [0.1, 0.15) is 17.1 Å². The van der Waals surface area contributed by atoms with Crippen LogP contribution in [0.15, 0.2) is 42.5 Å². The molecule has 104 valence electrons. The van der Waals surface area contributed by atoms with Crippen LogP contribution >= 0.6 is 0 Å². The summed E-state index contributed by atoms with van der Waals surface area (Å²) in [6.45, 7) is 0.0863.